The second kappa shape index (κ2) is 6.89. The lowest BCUT2D eigenvalue weighted by Gasteiger charge is -2.42. The minimum absolute atomic E-state index is 0.819. The standard InChI is InChI=1S/C21H31N2O/c1-2-3-11-22-12-9-18(10-13-22)17-23-14-6-15-24-21(23)16-19-7-4-5-8-20(19)23/h4-5,7-8,16,18H,2-3,6,9-15,17H2,1H3/q+1. The summed E-state index contributed by atoms with van der Waals surface area (Å²) in [5, 5.41) is 0. The van der Waals surface area contributed by atoms with Crippen molar-refractivity contribution < 1.29 is 4.74 Å². The van der Waals surface area contributed by atoms with Crippen LogP contribution in [0.1, 0.15) is 44.6 Å². The van der Waals surface area contributed by atoms with Crippen LogP contribution in [0.4, 0.5) is 5.69 Å². The van der Waals surface area contributed by atoms with E-state index in [0.717, 1.165) is 17.0 Å². The average Bonchev–Trinajstić information content (AvgIpc) is 2.95. The van der Waals surface area contributed by atoms with Crippen molar-refractivity contribution in [1.82, 2.24) is 9.38 Å². The number of benzene rings is 1. The third-order valence-electron chi connectivity index (χ3n) is 6.14. The zero-order chi connectivity index (χ0) is 16.4. The van der Waals surface area contributed by atoms with Gasteiger partial charge in [-0.1, -0.05) is 25.5 Å². The van der Waals surface area contributed by atoms with Gasteiger partial charge < -0.3 is 9.64 Å². The molecule has 1 aromatic carbocycles. The summed E-state index contributed by atoms with van der Waals surface area (Å²) in [6.07, 6.45) is 8.81. The molecule has 1 atom stereocenters. The topological polar surface area (TPSA) is 12.5 Å². The van der Waals surface area contributed by atoms with Gasteiger partial charge in [0.15, 0.2) is 0 Å². The number of hydrogen-bond acceptors (Lipinski definition) is 2. The molecule has 2 saturated heterocycles. The van der Waals surface area contributed by atoms with E-state index in [4.69, 9.17) is 4.74 Å². The molecule has 0 bridgehead atoms. The molecule has 3 nitrogen and oxygen atoms in total. The summed E-state index contributed by atoms with van der Waals surface area (Å²) in [5.41, 5.74) is 2.84. The van der Waals surface area contributed by atoms with Gasteiger partial charge in [-0.15, -0.1) is 0 Å². The van der Waals surface area contributed by atoms with Gasteiger partial charge in [-0.25, -0.2) is 4.48 Å². The summed E-state index contributed by atoms with van der Waals surface area (Å²) < 4.78 is 7.11. The number of nitrogens with zero attached hydrogens (tertiary/aromatic N) is 2. The highest BCUT2D eigenvalue weighted by molar-refractivity contribution is 5.75. The smallest absolute Gasteiger partial charge is 0.297 e. The number of likely N-dealkylation sites (tertiary alicyclic amines) is 1. The predicted octanol–water partition coefficient (Wildman–Crippen LogP) is 4.24. The summed E-state index contributed by atoms with van der Waals surface area (Å²) in [4.78, 5) is 2.67. The Bertz CT molecular complexity index is 604. The van der Waals surface area contributed by atoms with Crippen molar-refractivity contribution in [2.75, 3.05) is 39.3 Å². The number of para-hydroxylation sites is 1. The van der Waals surface area contributed by atoms with E-state index in [1.807, 2.05) is 0 Å². The van der Waals surface area contributed by atoms with Crippen LogP contribution in [0.15, 0.2) is 30.1 Å². The highest BCUT2D eigenvalue weighted by Gasteiger charge is 2.46. The number of piperidine rings is 1. The first-order chi connectivity index (χ1) is 11.8. The molecule has 3 aliphatic rings. The molecule has 4 rings (SSSR count). The van der Waals surface area contributed by atoms with E-state index in [0.29, 0.717) is 0 Å². The Morgan fingerprint density at radius 1 is 1.21 bits per heavy atom. The fraction of sp³-hybridized carbons (Fsp3) is 0.619. The van der Waals surface area contributed by atoms with E-state index in [-0.39, 0.29) is 0 Å². The second-order valence-corrected chi connectivity index (χ2v) is 7.76. The minimum Gasteiger partial charge on any atom is -0.451 e. The van der Waals surface area contributed by atoms with E-state index in [1.165, 1.54) is 82.0 Å². The molecule has 3 heteroatoms. The number of ether oxygens (including phenoxy) is 1. The van der Waals surface area contributed by atoms with Crippen LogP contribution >= 0.6 is 0 Å². The van der Waals surface area contributed by atoms with Crippen LogP contribution in [0.2, 0.25) is 0 Å². The summed E-state index contributed by atoms with van der Waals surface area (Å²) >= 11 is 0. The molecule has 0 spiro atoms. The van der Waals surface area contributed by atoms with Gasteiger partial charge in [-0.2, -0.15) is 0 Å². The van der Waals surface area contributed by atoms with Gasteiger partial charge in [-0.05, 0) is 45.0 Å². The number of quaternary nitrogens is 1. The lowest BCUT2D eigenvalue weighted by molar-refractivity contribution is 0.0551. The lowest BCUT2D eigenvalue weighted by atomic mass is 9.94. The molecule has 0 radical (unpaired) electrons. The van der Waals surface area contributed by atoms with Crippen molar-refractivity contribution in [3.8, 4) is 0 Å². The third-order valence-corrected chi connectivity index (χ3v) is 6.14. The first kappa shape index (κ1) is 16.2. The van der Waals surface area contributed by atoms with Gasteiger partial charge in [0.05, 0.1) is 25.8 Å². The molecular weight excluding hydrogens is 296 g/mol. The van der Waals surface area contributed by atoms with Crippen molar-refractivity contribution in [3.05, 3.63) is 35.7 Å². The van der Waals surface area contributed by atoms with Crippen molar-refractivity contribution in [3.63, 3.8) is 0 Å². The van der Waals surface area contributed by atoms with Gasteiger partial charge in [0.25, 0.3) is 5.88 Å². The molecule has 3 heterocycles. The van der Waals surface area contributed by atoms with E-state index in [1.54, 1.807) is 0 Å². The molecule has 24 heavy (non-hydrogen) atoms. The summed E-state index contributed by atoms with van der Waals surface area (Å²) in [6.45, 7) is 9.47. The monoisotopic (exact) mass is 327 g/mol. The Hall–Kier alpha value is -1.32. The number of hydrogen-bond donors (Lipinski definition) is 0. The fourth-order valence-corrected chi connectivity index (χ4v) is 4.78. The molecule has 0 saturated carbocycles. The maximum atomic E-state index is 6.13. The van der Waals surface area contributed by atoms with E-state index >= 15 is 0 Å². The van der Waals surface area contributed by atoms with Crippen LogP contribution in [0, 0.1) is 5.92 Å². The van der Waals surface area contributed by atoms with E-state index < -0.39 is 0 Å². The zero-order valence-electron chi connectivity index (χ0n) is 15.0. The first-order valence-corrected chi connectivity index (χ1v) is 9.86. The molecule has 0 aromatic heterocycles. The highest BCUT2D eigenvalue weighted by atomic mass is 16.5. The summed E-state index contributed by atoms with van der Waals surface area (Å²) in [5.74, 6) is 2.02. The molecule has 2 fully saturated rings. The van der Waals surface area contributed by atoms with E-state index in [9.17, 15) is 0 Å². The van der Waals surface area contributed by atoms with Gasteiger partial charge in [0, 0.05) is 24.0 Å². The van der Waals surface area contributed by atoms with Crippen LogP contribution in [0.5, 0.6) is 0 Å². The molecule has 3 aliphatic heterocycles. The Balaban J connectivity index is 1.48. The largest absolute Gasteiger partial charge is 0.451 e. The number of unbranched alkanes of at least 4 members (excludes halogenated alkanes) is 1. The predicted molar refractivity (Wildman–Crippen MR) is 101 cm³/mol. The van der Waals surface area contributed by atoms with Gasteiger partial charge in [0.2, 0.25) is 0 Å². The van der Waals surface area contributed by atoms with Crippen LogP contribution < -0.4 is 4.48 Å². The zero-order valence-corrected chi connectivity index (χ0v) is 15.0. The first-order valence-electron chi connectivity index (χ1n) is 9.86. The Labute approximate surface area is 146 Å². The molecule has 1 aromatic rings. The van der Waals surface area contributed by atoms with Crippen molar-refractivity contribution in [2.24, 2.45) is 5.92 Å². The van der Waals surface area contributed by atoms with Crippen LogP contribution in [-0.2, 0) is 4.74 Å². The summed E-state index contributed by atoms with van der Waals surface area (Å²) in [7, 11) is 0. The van der Waals surface area contributed by atoms with Crippen molar-refractivity contribution in [1.29, 1.82) is 0 Å². The Kier molecular flexibility index (Phi) is 4.64. The van der Waals surface area contributed by atoms with Gasteiger partial charge in [-0.3, -0.25) is 0 Å². The maximum absolute atomic E-state index is 6.13. The minimum atomic E-state index is 0.819. The molecular formula is C21H31N2O+. The van der Waals surface area contributed by atoms with Crippen LogP contribution in [0.3, 0.4) is 0 Å². The Morgan fingerprint density at radius 3 is 2.88 bits per heavy atom. The summed E-state index contributed by atoms with van der Waals surface area (Å²) in [6, 6.07) is 8.91. The highest BCUT2D eigenvalue weighted by Crippen LogP contribution is 2.44. The molecule has 0 N–H and O–H groups in total. The lowest BCUT2D eigenvalue weighted by Crippen LogP contribution is -2.55. The van der Waals surface area contributed by atoms with Crippen LogP contribution in [-0.4, -0.2) is 44.2 Å². The fourth-order valence-electron chi connectivity index (χ4n) is 4.78. The molecule has 130 valence electrons. The van der Waals surface area contributed by atoms with Crippen LogP contribution in [0.25, 0.3) is 6.08 Å². The van der Waals surface area contributed by atoms with Gasteiger partial charge >= 0.3 is 0 Å². The number of rotatable bonds is 5. The van der Waals surface area contributed by atoms with Crippen molar-refractivity contribution >= 4 is 11.8 Å². The average molecular weight is 327 g/mol. The number of fused-ring (bicyclic) bond motifs is 3. The van der Waals surface area contributed by atoms with Crippen molar-refractivity contribution in [2.45, 2.75) is 39.0 Å². The molecule has 0 aliphatic carbocycles. The third kappa shape index (κ3) is 2.89. The molecule has 0 amide bonds. The maximum Gasteiger partial charge on any atom is 0.297 e. The quantitative estimate of drug-likeness (QED) is 0.750. The SMILES string of the molecule is CCCCN1CCC(C[N+]23CCCOC2=Cc2ccccc23)CC1. The second-order valence-electron chi connectivity index (χ2n) is 7.76. The Morgan fingerprint density at radius 2 is 2.04 bits per heavy atom. The van der Waals surface area contributed by atoms with Gasteiger partial charge in [0.1, 0.15) is 5.69 Å². The molecule has 1 unspecified atom stereocenters. The normalized spacial score (nSPS) is 27.3. The van der Waals surface area contributed by atoms with E-state index in [2.05, 4.69) is 42.2 Å².